The third-order valence-corrected chi connectivity index (χ3v) is 6.06. The Morgan fingerprint density at radius 1 is 1.09 bits per heavy atom. The molecule has 0 radical (unpaired) electrons. The van der Waals surface area contributed by atoms with Crippen molar-refractivity contribution in [2.45, 2.75) is 13.3 Å². The molecule has 1 aliphatic rings. The normalized spacial score (nSPS) is 12.9. The average molecular weight is 538 g/mol. The number of nitrogens with one attached hydrogen (secondary N) is 1. The highest BCUT2D eigenvalue weighted by Gasteiger charge is 2.37. The monoisotopic (exact) mass is 537 g/mol. The Morgan fingerprint density at radius 3 is 2.60 bits per heavy atom. The predicted octanol–water partition coefficient (Wildman–Crippen LogP) is 5.72. The molecule has 4 aromatic rings. The maximum Gasteiger partial charge on any atom is 0.335 e. The molecule has 0 saturated carbocycles. The molecular weight excluding hydrogens is 521 g/mol. The van der Waals surface area contributed by atoms with E-state index in [1.54, 1.807) is 24.3 Å². The van der Waals surface area contributed by atoms with Crippen molar-refractivity contribution in [1.82, 2.24) is 4.98 Å². The van der Waals surface area contributed by atoms with Crippen LogP contribution in [0, 0.1) is 5.82 Å². The molecule has 3 aromatic carbocycles. The number of carboxylic acid groups (broad SMARTS) is 1. The first kappa shape index (κ1) is 22.7. The standard InChI is InChI=1S/C25H17BrFN3O5/c1-2-7-28-19-6-4-14(11-17(19)22-29-20-10-13(26)9-18(27)21(20)35-22)30-23(31)15-5-3-12(25(33)34)8-16(15)24(30)32/h3-6,8-11,28H,2,7H2,1H3,(H,33,34). The van der Waals surface area contributed by atoms with Gasteiger partial charge in [0, 0.05) is 16.7 Å². The number of hydrogen-bond donors (Lipinski definition) is 2. The number of carbonyl (C=O) groups is 3. The Bertz CT molecular complexity index is 1550. The molecule has 5 rings (SSSR count). The fraction of sp³-hybridized carbons (Fsp3) is 0.120. The number of benzene rings is 3. The summed E-state index contributed by atoms with van der Waals surface area (Å²) in [5.74, 6) is -2.88. The molecule has 0 bridgehead atoms. The summed E-state index contributed by atoms with van der Waals surface area (Å²) in [4.78, 5) is 42.9. The van der Waals surface area contributed by atoms with E-state index in [-0.39, 0.29) is 33.9 Å². The second-order valence-electron chi connectivity index (χ2n) is 7.92. The van der Waals surface area contributed by atoms with Gasteiger partial charge in [0.25, 0.3) is 11.8 Å². The van der Waals surface area contributed by atoms with Crippen LogP contribution in [0.1, 0.15) is 44.4 Å². The largest absolute Gasteiger partial charge is 0.478 e. The summed E-state index contributed by atoms with van der Waals surface area (Å²) < 4.78 is 20.7. The van der Waals surface area contributed by atoms with Gasteiger partial charge in [-0.1, -0.05) is 22.9 Å². The average Bonchev–Trinajstić information content (AvgIpc) is 3.36. The van der Waals surface area contributed by atoms with Gasteiger partial charge in [0.15, 0.2) is 11.4 Å². The minimum Gasteiger partial charge on any atom is -0.478 e. The van der Waals surface area contributed by atoms with Crippen molar-refractivity contribution in [3.8, 4) is 11.5 Å². The number of aromatic carboxylic acids is 1. The molecule has 1 aliphatic heterocycles. The van der Waals surface area contributed by atoms with Gasteiger partial charge in [-0.3, -0.25) is 9.59 Å². The van der Waals surface area contributed by atoms with E-state index in [4.69, 9.17) is 4.42 Å². The number of halogens is 2. The highest BCUT2D eigenvalue weighted by Crippen LogP contribution is 2.37. The molecule has 1 aromatic heterocycles. The highest BCUT2D eigenvalue weighted by molar-refractivity contribution is 9.10. The maximum atomic E-state index is 14.4. The molecule has 0 atom stereocenters. The summed E-state index contributed by atoms with van der Waals surface area (Å²) >= 11 is 3.24. The molecule has 0 spiro atoms. The van der Waals surface area contributed by atoms with E-state index in [0.29, 0.717) is 27.8 Å². The van der Waals surface area contributed by atoms with E-state index in [9.17, 15) is 23.9 Å². The highest BCUT2D eigenvalue weighted by atomic mass is 79.9. The molecule has 0 fully saturated rings. The fourth-order valence-electron chi connectivity index (χ4n) is 3.95. The number of oxazole rings is 1. The number of fused-ring (bicyclic) bond motifs is 2. The van der Waals surface area contributed by atoms with E-state index >= 15 is 0 Å². The lowest BCUT2D eigenvalue weighted by molar-refractivity contribution is 0.0696. The lowest BCUT2D eigenvalue weighted by Crippen LogP contribution is -2.29. The van der Waals surface area contributed by atoms with Crippen LogP contribution >= 0.6 is 15.9 Å². The number of rotatable bonds is 6. The summed E-state index contributed by atoms with van der Waals surface area (Å²) in [6, 6.07) is 11.6. The van der Waals surface area contributed by atoms with Gasteiger partial charge in [0.1, 0.15) is 5.52 Å². The van der Waals surface area contributed by atoms with E-state index in [1.165, 1.54) is 24.3 Å². The second-order valence-corrected chi connectivity index (χ2v) is 8.84. The van der Waals surface area contributed by atoms with Gasteiger partial charge in [-0.25, -0.2) is 19.1 Å². The quantitative estimate of drug-likeness (QED) is 0.302. The van der Waals surface area contributed by atoms with Crippen LogP contribution in [0.5, 0.6) is 0 Å². The molecule has 176 valence electrons. The number of nitrogens with zero attached hydrogens (tertiary/aromatic N) is 2. The van der Waals surface area contributed by atoms with Crippen LogP contribution in [0.2, 0.25) is 0 Å². The zero-order chi connectivity index (χ0) is 24.9. The van der Waals surface area contributed by atoms with Crippen LogP contribution < -0.4 is 10.2 Å². The molecule has 0 saturated heterocycles. The van der Waals surface area contributed by atoms with E-state index in [1.807, 2.05) is 6.92 Å². The van der Waals surface area contributed by atoms with Crippen molar-refractivity contribution < 1.29 is 28.3 Å². The summed E-state index contributed by atoms with van der Waals surface area (Å²) in [7, 11) is 0. The number of anilines is 2. The first-order valence-corrected chi connectivity index (χ1v) is 11.5. The first-order valence-electron chi connectivity index (χ1n) is 10.7. The molecule has 2 heterocycles. The zero-order valence-corrected chi connectivity index (χ0v) is 19.8. The topological polar surface area (TPSA) is 113 Å². The van der Waals surface area contributed by atoms with Gasteiger partial charge in [-0.2, -0.15) is 0 Å². The smallest absolute Gasteiger partial charge is 0.335 e. The van der Waals surface area contributed by atoms with Crippen molar-refractivity contribution in [2.24, 2.45) is 0 Å². The summed E-state index contributed by atoms with van der Waals surface area (Å²) in [5, 5.41) is 12.5. The van der Waals surface area contributed by atoms with Gasteiger partial charge in [-0.15, -0.1) is 0 Å². The van der Waals surface area contributed by atoms with Crippen molar-refractivity contribution in [1.29, 1.82) is 0 Å². The molecule has 0 aliphatic carbocycles. The van der Waals surface area contributed by atoms with Crippen LogP contribution in [-0.2, 0) is 0 Å². The first-order chi connectivity index (χ1) is 16.8. The molecule has 2 N–H and O–H groups in total. The number of carboxylic acids is 1. The maximum absolute atomic E-state index is 14.4. The van der Waals surface area contributed by atoms with E-state index < -0.39 is 23.6 Å². The molecule has 35 heavy (non-hydrogen) atoms. The Morgan fingerprint density at radius 2 is 1.86 bits per heavy atom. The van der Waals surface area contributed by atoms with Crippen LogP contribution in [0.4, 0.5) is 15.8 Å². The number of aromatic nitrogens is 1. The lowest BCUT2D eigenvalue weighted by Gasteiger charge is -2.17. The third-order valence-electron chi connectivity index (χ3n) is 5.60. The summed E-state index contributed by atoms with van der Waals surface area (Å²) in [6.45, 7) is 2.63. The van der Waals surface area contributed by atoms with Gasteiger partial charge >= 0.3 is 5.97 Å². The molecule has 8 nitrogen and oxygen atoms in total. The number of imide groups is 1. The number of hydrogen-bond acceptors (Lipinski definition) is 6. The lowest BCUT2D eigenvalue weighted by atomic mass is 10.1. The van der Waals surface area contributed by atoms with E-state index in [2.05, 4.69) is 26.2 Å². The molecular formula is C25H17BrFN3O5. The minimum atomic E-state index is -1.20. The molecule has 10 heteroatoms. The summed E-state index contributed by atoms with van der Waals surface area (Å²) in [5.41, 5.74) is 1.64. The Balaban J connectivity index is 1.62. The van der Waals surface area contributed by atoms with Crippen LogP contribution in [-0.4, -0.2) is 34.4 Å². The van der Waals surface area contributed by atoms with E-state index in [0.717, 1.165) is 11.3 Å². The Hall–Kier alpha value is -4.05. The SMILES string of the molecule is CCCNc1ccc(N2C(=O)c3ccc(C(=O)O)cc3C2=O)cc1-c1nc2cc(Br)cc(F)c2o1. The Kier molecular flexibility index (Phi) is 5.60. The van der Waals surface area contributed by atoms with Crippen LogP contribution in [0.15, 0.2) is 57.4 Å². The second kappa shape index (κ2) is 8.62. The van der Waals surface area contributed by atoms with Gasteiger partial charge in [-0.05, 0) is 55.0 Å². The van der Waals surface area contributed by atoms with Crippen molar-refractivity contribution in [2.75, 3.05) is 16.8 Å². The van der Waals surface area contributed by atoms with Crippen molar-refractivity contribution in [3.63, 3.8) is 0 Å². The van der Waals surface area contributed by atoms with Crippen molar-refractivity contribution in [3.05, 3.63) is 75.5 Å². The third kappa shape index (κ3) is 3.85. The molecule has 0 unspecified atom stereocenters. The van der Waals surface area contributed by atoms with Crippen LogP contribution in [0.3, 0.4) is 0 Å². The fourth-order valence-corrected chi connectivity index (χ4v) is 4.36. The van der Waals surface area contributed by atoms with Gasteiger partial charge in [0.05, 0.1) is 27.9 Å². The zero-order valence-electron chi connectivity index (χ0n) is 18.3. The van der Waals surface area contributed by atoms with Crippen LogP contribution in [0.25, 0.3) is 22.6 Å². The van der Waals surface area contributed by atoms with Gasteiger partial charge < -0.3 is 14.8 Å². The van der Waals surface area contributed by atoms with Gasteiger partial charge in [0.2, 0.25) is 5.89 Å². The number of amides is 2. The summed E-state index contributed by atoms with van der Waals surface area (Å²) in [6.07, 6.45) is 0.834. The predicted molar refractivity (Wildman–Crippen MR) is 130 cm³/mol. The Labute approximate surface area is 206 Å². The minimum absolute atomic E-state index is 0.0124. The molecule has 2 amide bonds. The number of carbonyl (C=O) groups excluding carboxylic acids is 2. The van der Waals surface area contributed by atoms with Crippen molar-refractivity contribution >= 4 is 56.2 Å².